The Kier molecular flexibility index (Phi) is 3.71. The summed E-state index contributed by atoms with van der Waals surface area (Å²) < 4.78 is 42.8. The minimum absolute atomic E-state index is 0.0781. The quantitative estimate of drug-likeness (QED) is 0.748. The van der Waals surface area contributed by atoms with Crippen LogP contribution >= 0.6 is 0 Å². The molecule has 0 aliphatic heterocycles. The Hall–Kier alpha value is -2.19. The fourth-order valence-electron chi connectivity index (χ4n) is 2.36. The molecule has 6 nitrogen and oxygen atoms in total. The van der Waals surface area contributed by atoms with E-state index in [2.05, 4.69) is 14.8 Å². The molecule has 0 bridgehead atoms. The van der Waals surface area contributed by atoms with Crippen LogP contribution in [0.25, 0.3) is 10.9 Å². The third kappa shape index (κ3) is 2.62. The number of hydrogen-bond donors (Lipinski definition) is 2. The number of aromatic amines is 1. The Balaban J connectivity index is 1.82. The van der Waals surface area contributed by atoms with Crippen LogP contribution in [0.5, 0.6) is 0 Å². The summed E-state index contributed by atoms with van der Waals surface area (Å²) in [4.78, 5) is 2.70. The first-order valence-corrected chi connectivity index (χ1v) is 8.19. The van der Waals surface area contributed by atoms with E-state index in [-0.39, 0.29) is 16.8 Å². The van der Waals surface area contributed by atoms with Crippen molar-refractivity contribution >= 4 is 20.9 Å². The maximum Gasteiger partial charge on any atom is 0.242 e. The molecule has 2 N–H and O–H groups in total. The van der Waals surface area contributed by atoms with E-state index in [0.29, 0.717) is 11.9 Å². The molecule has 3 rings (SSSR count). The van der Waals surface area contributed by atoms with E-state index >= 15 is 0 Å². The number of nitrogens with one attached hydrogen (secondary N) is 2. The lowest BCUT2D eigenvalue weighted by Gasteiger charge is -2.06. The second kappa shape index (κ2) is 5.54. The molecule has 8 heteroatoms. The molecule has 0 saturated heterocycles. The fraction of sp³-hybridized carbons (Fsp3) is 0.214. The standard InChI is InChI=1S/C14H15FN4O2S/c1-19-10(5-7-17-19)6-8-18-22(20,21)13-9-16-12-4-2-3-11(15)14(12)13/h2-5,7,9,16,18H,6,8H2,1H3. The van der Waals surface area contributed by atoms with Crippen LogP contribution in [0.1, 0.15) is 5.69 Å². The van der Waals surface area contributed by atoms with Crippen molar-refractivity contribution in [2.24, 2.45) is 7.05 Å². The van der Waals surface area contributed by atoms with E-state index in [1.54, 1.807) is 24.0 Å². The lowest BCUT2D eigenvalue weighted by atomic mass is 10.2. The number of nitrogens with zero attached hydrogens (tertiary/aromatic N) is 2. The summed E-state index contributed by atoms with van der Waals surface area (Å²) in [6.07, 6.45) is 3.46. The fourth-order valence-corrected chi connectivity index (χ4v) is 3.58. The van der Waals surface area contributed by atoms with Crippen molar-refractivity contribution in [2.45, 2.75) is 11.3 Å². The van der Waals surface area contributed by atoms with Crippen LogP contribution in [0, 0.1) is 5.82 Å². The van der Waals surface area contributed by atoms with Gasteiger partial charge in [0.15, 0.2) is 0 Å². The van der Waals surface area contributed by atoms with Crippen LogP contribution in [-0.4, -0.2) is 29.7 Å². The predicted molar refractivity (Wildman–Crippen MR) is 80.4 cm³/mol. The zero-order chi connectivity index (χ0) is 15.7. The molecule has 0 aliphatic carbocycles. The molecule has 1 aromatic carbocycles. The first-order chi connectivity index (χ1) is 10.5. The first kappa shape index (κ1) is 14.7. The number of aryl methyl sites for hydroxylation is 1. The average molecular weight is 322 g/mol. The Bertz CT molecular complexity index is 914. The monoisotopic (exact) mass is 322 g/mol. The molecule has 0 unspecified atom stereocenters. The van der Waals surface area contributed by atoms with Gasteiger partial charge in [0.1, 0.15) is 10.7 Å². The second-order valence-corrected chi connectivity index (χ2v) is 6.64. The Morgan fingerprint density at radius 1 is 1.36 bits per heavy atom. The molecular weight excluding hydrogens is 307 g/mol. The predicted octanol–water partition coefficient (Wildman–Crippen LogP) is 1.56. The van der Waals surface area contributed by atoms with Crippen molar-refractivity contribution in [3.63, 3.8) is 0 Å². The van der Waals surface area contributed by atoms with Crippen molar-refractivity contribution < 1.29 is 12.8 Å². The normalized spacial score (nSPS) is 12.1. The Morgan fingerprint density at radius 2 is 2.18 bits per heavy atom. The molecule has 0 spiro atoms. The molecule has 0 amide bonds. The van der Waals surface area contributed by atoms with Gasteiger partial charge in [-0.2, -0.15) is 5.10 Å². The van der Waals surface area contributed by atoms with Crippen LogP contribution in [0.2, 0.25) is 0 Å². The minimum Gasteiger partial charge on any atom is -0.360 e. The maximum atomic E-state index is 13.9. The summed E-state index contributed by atoms with van der Waals surface area (Å²) in [6.45, 7) is 0.211. The molecule has 22 heavy (non-hydrogen) atoms. The molecule has 0 fully saturated rings. The molecular formula is C14H15FN4O2S. The molecule has 116 valence electrons. The van der Waals surface area contributed by atoms with Crippen LogP contribution < -0.4 is 4.72 Å². The molecule has 0 atom stereocenters. The number of benzene rings is 1. The highest BCUT2D eigenvalue weighted by Crippen LogP contribution is 2.25. The van der Waals surface area contributed by atoms with Crippen LogP contribution in [-0.2, 0) is 23.5 Å². The van der Waals surface area contributed by atoms with Gasteiger partial charge in [-0.1, -0.05) is 6.07 Å². The third-order valence-corrected chi connectivity index (χ3v) is 4.99. The third-order valence-electron chi connectivity index (χ3n) is 3.50. The molecule has 3 aromatic rings. The number of hydrogen-bond acceptors (Lipinski definition) is 3. The van der Waals surface area contributed by atoms with E-state index in [1.165, 1.54) is 18.3 Å². The number of fused-ring (bicyclic) bond motifs is 1. The van der Waals surface area contributed by atoms with Crippen molar-refractivity contribution in [1.29, 1.82) is 0 Å². The molecule has 0 saturated carbocycles. The number of H-pyrrole nitrogens is 1. The average Bonchev–Trinajstić information content (AvgIpc) is 3.07. The van der Waals surface area contributed by atoms with Gasteiger partial charge < -0.3 is 4.98 Å². The second-order valence-electron chi connectivity index (χ2n) is 4.91. The van der Waals surface area contributed by atoms with Crippen LogP contribution in [0.4, 0.5) is 4.39 Å². The van der Waals surface area contributed by atoms with Crippen LogP contribution in [0.3, 0.4) is 0 Å². The molecule has 0 radical (unpaired) electrons. The summed E-state index contributed by atoms with van der Waals surface area (Å²) in [5.41, 5.74) is 1.36. The zero-order valence-corrected chi connectivity index (χ0v) is 12.7. The number of rotatable bonds is 5. The highest BCUT2D eigenvalue weighted by atomic mass is 32.2. The summed E-state index contributed by atoms with van der Waals surface area (Å²) >= 11 is 0. The molecule has 0 aliphatic rings. The van der Waals surface area contributed by atoms with Gasteiger partial charge in [0, 0.05) is 43.6 Å². The van der Waals surface area contributed by atoms with E-state index in [1.807, 2.05) is 6.07 Å². The number of halogens is 1. The van der Waals surface area contributed by atoms with Gasteiger partial charge in [0.05, 0.1) is 5.39 Å². The summed E-state index contributed by atoms with van der Waals surface area (Å²) in [6, 6.07) is 6.22. The minimum atomic E-state index is -3.78. The molecule has 2 aromatic heterocycles. The zero-order valence-electron chi connectivity index (χ0n) is 11.9. The maximum absolute atomic E-state index is 13.9. The van der Waals surface area contributed by atoms with E-state index in [9.17, 15) is 12.8 Å². The largest absolute Gasteiger partial charge is 0.360 e. The van der Waals surface area contributed by atoms with Gasteiger partial charge in [-0.25, -0.2) is 17.5 Å². The first-order valence-electron chi connectivity index (χ1n) is 6.71. The SMILES string of the molecule is Cn1nccc1CCNS(=O)(=O)c1c[nH]c2cccc(F)c12. The van der Waals surface area contributed by atoms with Crippen molar-refractivity contribution in [1.82, 2.24) is 19.5 Å². The van der Waals surface area contributed by atoms with Gasteiger partial charge in [-0.3, -0.25) is 4.68 Å². The summed E-state index contributed by atoms with van der Waals surface area (Å²) in [5.74, 6) is -0.564. The topological polar surface area (TPSA) is 79.8 Å². The number of aromatic nitrogens is 3. The van der Waals surface area contributed by atoms with Gasteiger partial charge in [0.25, 0.3) is 0 Å². The Labute approximate surface area is 127 Å². The van der Waals surface area contributed by atoms with Crippen molar-refractivity contribution in [3.8, 4) is 0 Å². The van der Waals surface area contributed by atoms with Gasteiger partial charge in [0.2, 0.25) is 10.0 Å². The molecule has 2 heterocycles. The smallest absolute Gasteiger partial charge is 0.242 e. The highest BCUT2D eigenvalue weighted by Gasteiger charge is 2.20. The lowest BCUT2D eigenvalue weighted by Crippen LogP contribution is -2.26. The summed E-state index contributed by atoms with van der Waals surface area (Å²) in [5, 5.41) is 4.10. The lowest BCUT2D eigenvalue weighted by molar-refractivity contribution is 0.579. The van der Waals surface area contributed by atoms with E-state index < -0.39 is 15.8 Å². The van der Waals surface area contributed by atoms with Crippen LogP contribution in [0.15, 0.2) is 41.6 Å². The number of sulfonamides is 1. The van der Waals surface area contributed by atoms with E-state index in [4.69, 9.17) is 0 Å². The van der Waals surface area contributed by atoms with Gasteiger partial charge >= 0.3 is 0 Å². The van der Waals surface area contributed by atoms with Gasteiger partial charge in [-0.05, 0) is 18.2 Å². The van der Waals surface area contributed by atoms with Crippen molar-refractivity contribution in [2.75, 3.05) is 6.54 Å². The van der Waals surface area contributed by atoms with Gasteiger partial charge in [-0.15, -0.1) is 0 Å². The Morgan fingerprint density at radius 3 is 2.91 bits per heavy atom. The summed E-state index contributed by atoms with van der Waals surface area (Å²) in [7, 11) is -1.99. The van der Waals surface area contributed by atoms with E-state index in [0.717, 1.165) is 5.69 Å². The highest BCUT2D eigenvalue weighted by molar-refractivity contribution is 7.89. The van der Waals surface area contributed by atoms with Crippen molar-refractivity contribution in [3.05, 3.63) is 48.2 Å².